The molecule has 3 aromatic carbocycles. The summed E-state index contributed by atoms with van der Waals surface area (Å²) >= 11 is 0. The SMILES string of the molecule is COC(=O)N(C)c1ccc(C(O)(CC(C)C[C@H](O)C(N)Oc2ccccc2)c2ccc(N(C)C(=O)OC)cc2)cc1. The van der Waals surface area contributed by atoms with E-state index in [2.05, 4.69) is 0 Å². The lowest BCUT2D eigenvalue weighted by Crippen LogP contribution is -2.41. The van der Waals surface area contributed by atoms with Gasteiger partial charge in [-0.2, -0.15) is 0 Å². The van der Waals surface area contributed by atoms with E-state index in [-0.39, 0.29) is 18.8 Å². The minimum Gasteiger partial charge on any atom is -0.473 e. The van der Waals surface area contributed by atoms with E-state index in [1.807, 2.05) is 25.1 Å². The molecular formula is C31H39N3O7. The summed E-state index contributed by atoms with van der Waals surface area (Å²) in [5.74, 6) is 0.354. The van der Waals surface area contributed by atoms with Gasteiger partial charge >= 0.3 is 12.2 Å². The van der Waals surface area contributed by atoms with E-state index < -0.39 is 30.1 Å². The average molecular weight is 566 g/mol. The molecule has 3 atom stereocenters. The van der Waals surface area contributed by atoms with E-state index in [1.54, 1.807) is 74.8 Å². The molecule has 0 heterocycles. The van der Waals surface area contributed by atoms with E-state index in [1.165, 1.54) is 24.0 Å². The Hall–Kier alpha value is -4.12. The Kier molecular flexibility index (Phi) is 10.7. The Labute approximate surface area is 240 Å². The molecule has 10 heteroatoms. The largest absolute Gasteiger partial charge is 0.473 e. The lowest BCUT2D eigenvalue weighted by molar-refractivity contribution is 0.00675. The third-order valence-corrected chi connectivity index (χ3v) is 7.04. The molecular weight excluding hydrogens is 526 g/mol. The average Bonchev–Trinajstić information content (AvgIpc) is 2.99. The molecule has 3 rings (SSSR count). The van der Waals surface area contributed by atoms with Crippen molar-refractivity contribution in [1.82, 2.24) is 0 Å². The summed E-state index contributed by atoms with van der Waals surface area (Å²) in [6, 6.07) is 22.9. The topological polar surface area (TPSA) is 135 Å². The molecule has 0 radical (unpaired) electrons. The first kappa shape index (κ1) is 31.4. The number of nitrogens with two attached hydrogens (primary N) is 1. The van der Waals surface area contributed by atoms with Crippen molar-refractivity contribution in [2.45, 2.75) is 37.7 Å². The second kappa shape index (κ2) is 14.0. The highest BCUT2D eigenvalue weighted by Gasteiger charge is 2.35. The van der Waals surface area contributed by atoms with Crippen LogP contribution in [0.2, 0.25) is 0 Å². The van der Waals surface area contributed by atoms with Gasteiger partial charge in [0.2, 0.25) is 0 Å². The number of hydrogen-bond donors (Lipinski definition) is 3. The Morgan fingerprint density at radius 2 is 1.27 bits per heavy atom. The highest BCUT2D eigenvalue weighted by Crippen LogP contribution is 2.38. The van der Waals surface area contributed by atoms with Crippen LogP contribution in [-0.2, 0) is 15.1 Å². The number of aliphatic hydroxyl groups excluding tert-OH is 1. The van der Waals surface area contributed by atoms with Crippen molar-refractivity contribution in [2.24, 2.45) is 11.7 Å². The molecule has 0 aliphatic heterocycles. The van der Waals surface area contributed by atoms with E-state index in [9.17, 15) is 19.8 Å². The second-order valence-corrected chi connectivity index (χ2v) is 10.0. The van der Waals surface area contributed by atoms with Gasteiger partial charge in [-0.15, -0.1) is 0 Å². The van der Waals surface area contributed by atoms with Gasteiger partial charge in [-0.25, -0.2) is 9.59 Å². The number of ether oxygens (including phenoxy) is 3. The maximum atomic E-state index is 12.2. The summed E-state index contributed by atoms with van der Waals surface area (Å²) in [5, 5.41) is 23.0. The molecule has 0 aliphatic carbocycles. The van der Waals surface area contributed by atoms with Gasteiger partial charge in [0.05, 0.1) is 14.2 Å². The van der Waals surface area contributed by atoms with Crippen LogP contribution in [0.1, 0.15) is 30.9 Å². The van der Waals surface area contributed by atoms with Crippen molar-refractivity contribution in [3.05, 3.63) is 90.0 Å². The van der Waals surface area contributed by atoms with Crippen molar-refractivity contribution < 1.29 is 34.0 Å². The molecule has 220 valence electrons. The molecule has 10 nitrogen and oxygen atoms in total. The van der Waals surface area contributed by atoms with Crippen LogP contribution in [0, 0.1) is 5.92 Å². The molecule has 0 aromatic heterocycles. The lowest BCUT2D eigenvalue weighted by Gasteiger charge is -2.34. The van der Waals surface area contributed by atoms with Crippen LogP contribution in [0.25, 0.3) is 0 Å². The molecule has 41 heavy (non-hydrogen) atoms. The molecule has 0 spiro atoms. The first-order valence-corrected chi connectivity index (χ1v) is 13.2. The van der Waals surface area contributed by atoms with Gasteiger partial charge < -0.3 is 24.4 Å². The van der Waals surface area contributed by atoms with Crippen molar-refractivity contribution in [2.75, 3.05) is 38.1 Å². The van der Waals surface area contributed by atoms with Crippen molar-refractivity contribution in [3.8, 4) is 5.75 Å². The van der Waals surface area contributed by atoms with Gasteiger partial charge in [0.1, 0.15) is 17.5 Å². The van der Waals surface area contributed by atoms with Crippen LogP contribution in [-0.4, -0.2) is 63.0 Å². The van der Waals surface area contributed by atoms with Gasteiger partial charge in [-0.1, -0.05) is 49.4 Å². The zero-order chi connectivity index (χ0) is 30.2. The standard InChI is InChI=1S/C31H39N3O7/c1-21(19-27(35)28(32)41-26-9-7-6-8-10-26)20-31(38,22-11-15-24(16-12-22)33(2)29(36)39-4)23-13-17-25(18-14-23)34(3)30(37)40-5/h6-18,21,27-28,35,38H,19-20,32H2,1-5H3/t21?,27-,28?/m0/s1. The zero-order valence-electron chi connectivity index (χ0n) is 24.1. The van der Waals surface area contributed by atoms with Gasteiger partial charge in [0.15, 0.2) is 6.23 Å². The third-order valence-electron chi connectivity index (χ3n) is 7.04. The van der Waals surface area contributed by atoms with E-state index in [4.69, 9.17) is 19.9 Å². The van der Waals surface area contributed by atoms with E-state index in [0.717, 1.165) is 0 Å². The minimum absolute atomic E-state index is 0.199. The molecule has 0 fully saturated rings. The third kappa shape index (κ3) is 7.75. The number of methoxy groups -OCH3 is 2. The number of benzene rings is 3. The number of para-hydroxylation sites is 1. The fourth-order valence-corrected chi connectivity index (χ4v) is 4.68. The monoisotopic (exact) mass is 565 g/mol. The minimum atomic E-state index is -1.48. The van der Waals surface area contributed by atoms with Crippen molar-refractivity contribution in [3.63, 3.8) is 0 Å². The first-order chi connectivity index (χ1) is 19.5. The number of carbonyl (C=O) groups excluding carboxylic acids is 2. The number of amides is 2. The number of nitrogens with zero attached hydrogens (tertiary/aromatic N) is 2. The van der Waals surface area contributed by atoms with Gasteiger partial charge in [0.25, 0.3) is 0 Å². The van der Waals surface area contributed by atoms with Crippen LogP contribution in [0.3, 0.4) is 0 Å². The van der Waals surface area contributed by atoms with Crippen LogP contribution in [0.5, 0.6) is 5.75 Å². The lowest BCUT2D eigenvalue weighted by atomic mass is 9.78. The van der Waals surface area contributed by atoms with E-state index in [0.29, 0.717) is 28.3 Å². The Bertz CT molecular complexity index is 1200. The number of aliphatic hydroxyl groups is 2. The molecule has 0 bridgehead atoms. The van der Waals surface area contributed by atoms with E-state index >= 15 is 0 Å². The van der Waals surface area contributed by atoms with Crippen LogP contribution >= 0.6 is 0 Å². The smallest absolute Gasteiger partial charge is 0.413 e. The zero-order valence-corrected chi connectivity index (χ0v) is 24.1. The normalized spacial score (nSPS) is 13.5. The number of anilines is 2. The summed E-state index contributed by atoms with van der Waals surface area (Å²) < 4.78 is 15.3. The fraction of sp³-hybridized carbons (Fsp3) is 0.355. The summed E-state index contributed by atoms with van der Waals surface area (Å²) in [4.78, 5) is 26.6. The van der Waals surface area contributed by atoms with Gasteiger partial charge in [-0.05, 0) is 66.3 Å². The molecule has 2 amide bonds. The summed E-state index contributed by atoms with van der Waals surface area (Å²) in [5.41, 5.74) is 6.99. The Balaban J connectivity index is 1.88. The van der Waals surface area contributed by atoms with Crippen LogP contribution < -0.4 is 20.3 Å². The number of rotatable bonds is 11. The van der Waals surface area contributed by atoms with Crippen LogP contribution in [0.4, 0.5) is 21.0 Å². The summed E-state index contributed by atoms with van der Waals surface area (Å²) in [6.07, 6.45) is -2.47. The van der Waals surface area contributed by atoms with Crippen molar-refractivity contribution in [1.29, 1.82) is 0 Å². The quantitative estimate of drug-likeness (QED) is 0.290. The highest BCUT2D eigenvalue weighted by atomic mass is 16.5. The molecule has 3 aromatic rings. The summed E-state index contributed by atoms with van der Waals surface area (Å²) in [7, 11) is 5.79. The highest BCUT2D eigenvalue weighted by molar-refractivity contribution is 5.87. The number of hydrogen-bond acceptors (Lipinski definition) is 8. The summed E-state index contributed by atoms with van der Waals surface area (Å²) in [6.45, 7) is 1.92. The maximum absolute atomic E-state index is 12.2. The molecule has 0 saturated heterocycles. The fourth-order valence-electron chi connectivity index (χ4n) is 4.68. The van der Waals surface area contributed by atoms with Crippen LogP contribution in [0.15, 0.2) is 78.9 Å². The second-order valence-electron chi connectivity index (χ2n) is 10.0. The molecule has 4 N–H and O–H groups in total. The first-order valence-electron chi connectivity index (χ1n) is 13.2. The molecule has 0 aliphatic rings. The Morgan fingerprint density at radius 3 is 1.68 bits per heavy atom. The predicted molar refractivity (Wildman–Crippen MR) is 157 cm³/mol. The Morgan fingerprint density at radius 1 is 0.829 bits per heavy atom. The van der Waals surface area contributed by atoms with Gasteiger partial charge in [-0.3, -0.25) is 15.5 Å². The van der Waals surface area contributed by atoms with Gasteiger partial charge in [0, 0.05) is 25.5 Å². The number of carbonyl (C=O) groups is 2. The van der Waals surface area contributed by atoms with Crippen molar-refractivity contribution >= 4 is 23.6 Å². The molecule has 0 saturated carbocycles. The molecule has 2 unspecified atom stereocenters. The predicted octanol–water partition coefficient (Wildman–Crippen LogP) is 4.47. The maximum Gasteiger partial charge on any atom is 0.413 e.